The smallest absolute Gasteiger partial charge is 0.322 e. The zero-order valence-corrected chi connectivity index (χ0v) is 14.5. The van der Waals surface area contributed by atoms with Crippen molar-refractivity contribution in [1.29, 1.82) is 0 Å². The molecule has 1 aromatic heterocycles. The predicted molar refractivity (Wildman–Crippen MR) is 97.1 cm³/mol. The first-order valence-corrected chi connectivity index (χ1v) is 8.22. The fourth-order valence-electron chi connectivity index (χ4n) is 2.50. The minimum atomic E-state index is -1.15. The highest BCUT2D eigenvalue weighted by molar-refractivity contribution is 6.04. The van der Waals surface area contributed by atoms with Gasteiger partial charge in [0, 0.05) is 17.4 Å². The lowest BCUT2D eigenvalue weighted by Gasteiger charge is -2.27. The van der Waals surface area contributed by atoms with Gasteiger partial charge in [0.15, 0.2) is 18.2 Å². The summed E-state index contributed by atoms with van der Waals surface area (Å²) in [4.78, 5) is 52.0. The second-order valence-corrected chi connectivity index (χ2v) is 5.80. The van der Waals surface area contributed by atoms with Crippen LogP contribution in [0, 0.1) is 0 Å². The number of benzene rings is 1. The Kier molecular flexibility index (Phi) is 5.49. The van der Waals surface area contributed by atoms with Gasteiger partial charge in [-0.15, -0.1) is 0 Å². The van der Waals surface area contributed by atoms with Crippen molar-refractivity contribution in [3.05, 3.63) is 48.2 Å². The summed E-state index contributed by atoms with van der Waals surface area (Å²) in [5, 5.41) is 13.4. The SMILES string of the molecule is O=C(O)CNC(=O)c1ccc(NC(=O)CN2C(=O)COc3cccnc32)cc1. The minimum absolute atomic E-state index is 0.174. The van der Waals surface area contributed by atoms with E-state index in [1.165, 1.54) is 35.4 Å². The number of carboxylic acids is 1. The van der Waals surface area contributed by atoms with Crippen molar-refractivity contribution in [1.82, 2.24) is 10.3 Å². The maximum atomic E-state index is 12.3. The fraction of sp³-hybridized carbons (Fsp3) is 0.167. The highest BCUT2D eigenvalue weighted by atomic mass is 16.5. The molecule has 0 saturated heterocycles. The fourth-order valence-corrected chi connectivity index (χ4v) is 2.50. The lowest BCUT2D eigenvalue weighted by Crippen LogP contribution is -2.43. The summed E-state index contributed by atoms with van der Waals surface area (Å²) >= 11 is 0. The second-order valence-electron chi connectivity index (χ2n) is 5.80. The third-order valence-electron chi connectivity index (χ3n) is 3.79. The number of carbonyl (C=O) groups excluding carboxylic acids is 3. The normalized spacial score (nSPS) is 12.6. The Labute approximate surface area is 159 Å². The maximum Gasteiger partial charge on any atom is 0.322 e. The summed E-state index contributed by atoms with van der Waals surface area (Å²) in [6.45, 7) is -0.903. The Morgan fingerprint density at radius 3 is 2.64 bits per heavy atom. The average molecular weight is 384 g/mol. The van der Waals surface area contributed by atoms with Crippen LogP contribution in [-0.4, -0.2) is 53.5 Å². The van der Waals surface area contributed by atoms with Gasteiger partial charge in [-0.2, -0.15) is 0 Å². The van der Waals surface area contributed by atoms with Gasteiger partial charge in [0.05, 0.1) is 0 Å². The number of nitrogens with zero attached hydrogens (tertiary/aromatic N) is 2. The lowest BCUT2D eigenvalue weighted by molar-refractivity contribution is -0.135. The van der Waals surface area contributed by atoms with Crippen molar-refractivity contribution in [2.75, 3.05) is 29.9 Å². The van der Waals surface area contributed by atoms with Gasteiger partial charge in [0.1, 0.15) is 13.1 Å². The molecule has 0 unspecified atom stereocenters. The number of rotatable bonds is 6. The molecule has 2 aromatic rings. The number of fused-ring (bicyclic) bond motifs is 1. The third kappa shape index (κ3) is 4.41. The van der Waals surface area contributed by atoms with Gasteiger partial charge in [-0.25, -0.2) is 4.98 Å². The number of nitrogens with one attached hydrogen (secondary N) is 2. The molecule has 1 aromatic carbocycles. The van der Waals surface area contributed by atoms with Crippen molar-refractivity contribution in [2.45, 2.75) is 0 Å². The van der Waals surface area contributed by atoms with Crippen molar-refractivity contribution in [3.63, 3.8) is 0 Å². The molecule has 3 N–H and O–H groups in total. The number of aliphatic carboxylic acids is 1. The molecule has 0 bridgehead atoms. The van der Waals surface area contributed by atoms with Crippen LogP contribution in [0.3, 0.4) is 0 Å². The lowest BCUT2D eigenvalue weighted by atomic mass is 10.2. The second kappa shape index (κ2) is 8.16. The van der Waals surface area contributed by atoms with E-state index in [1.54, 1.807) is 12.1 Å². The van der Waals surface area contributed by atoms with E-state index in [0.717, 1.165) is 0 Å². The Hall–Kier alpha value is -3.95. The summed E-state index contributed by atoms with van der Waals surface area (Å²) in [6, 6.07) is 9.23. The van der Waals surface area contributed by atoms with Gasteiger partial charge in [-0.1, -0.05) is 0 Å². The number of aromatic nitrogens is 1. The van der Waals surface area contributed by atoms with Gasteiger partial charge in [-0.3, -0.25) is 24.1 Å². The quantitative estimate of drug-likeness (QED) is 0.649. The number of carboxylic acid groups (broad SMARTS) is 1. The first-order chi connectivity index (χ1) is 13.4. The molecule has 0 aliphatic carbocycles. The van der Waals surface area contributed by atoms with Crippen molar-refractivity contribution in [3.8, 4) is 5.75 Å². The zero-order chi connectivity index (χ0) is 20.1. The minimum Gasteiger partial charge on any atom is -0.480 e. The summed E-state index contributed by atoms with van der Waals surface area (Å²) in [7, 11) is 0. The van der Waals surface area contributed by atoms with E-state index in [-0.39, 0.29) is 30.4 Å². The number of ether oxygens (including phenoxy) is 1. The number of pyridine rings is 1. The first kappa shape index (κ1) is 18.8. The monoisotopic (exact) mass is 384 g/mol. The molecule has 0 atom stereocenters. The van der Waals surface area contributed by atoms with Gasteiger partial charge >= 0.3 is 5.97 Å². The molecular formula is C18H16N4O6. The van der Waals surface area contributed by atoms with Crippen LogP contribution in [-0.2, 0) is 14.4 Å². The molecule has 10 heteroatoms. The average Bonchev–Trinajstić information content (AvgIpc) is 2.69. The van der Waals surface area contributed by atoms with Crippen LogP contribution in [0.25, 0.3) is 0 Å². The van der Waals surface area contributed by atoms with Crippen LogP contribution in [0.1, 0.15) is 10.4 Å². The molecule has 144 valence electrons. The molecule has 0 radical (unpaired) electrons. The zero-order valence-electron chi connectivity index (χ0n) is 14.5. The molecule has 0 saturated carbocycles. The number of carbonyl (C=O) groups is 4. The Bertz CT molecular complexity index is 928. The van der Waals surface area contributed by atoms with E-state index in [9.17, 15) is 19.2 Å². The summed E-state index contributed by atoms with van der Waals surface area (Å²) in [6.07, 6.45) is 1.50. The molecule has 1 aliphatic rings. The van der Waals surface area contributed by atoms with E-state index in [0.29, 0.717) is 11.4 Å². The number of hydrogen-bond donors (Lipinski definition) is 3. The molecule has 3 amide bonds. The molecule has 2 heterocycles. The first-order valence-electron chi connectivity index (χ1n) is 8.22. The topological polar surface area (TPSA) is 138 Å². The maximum absolute atomic E-state index is 12.3. The van der Waals surface area contributed by atoms with E-state index >= 15 is 0 Å². The Morgan fingerprint density at radius 2 is 1.93 bits per heavy atom. The van der Waals surface area contributed by atoms with Crippen LogP contribution in [0.2, 0.25) is 0 Å². The van der Waals surface area contributed by atoms with Gasteiger partial charge in [0.2, 0.25) is 5.91 Å². The number of hydrogen-bond acceptors (Lipinski definition) is 6. The van der Waals surface area contributed by atoms with E-state index in [1.807, 2.05) is 0 Å². The molecule has 0 fully saturated rings. The Morgan fingerprint density at radius 1 is 1.18 bits per heavy atom. The van der Waals surface area contributed by atoms with E-state index in [4.69, 9.17) is 9.84 Å². The van der Waals surface area contributed by atoms with Crippen LogP contribution < -0.4 is 20.3 Å². The molecular weight excluding hydrogens is 368 g/mol. The molecule has 10 nitrogen and oxygen atoms in total. The molecule has 1 aliphatic heterocycles. The van der Waals surface area contributed by atoms with Crippen LogP contribution in [0.15, 0.2) is 42.6 Å². The Balaban J connectivity index is 1.62. The summed E-state index contributed by atoms with van der Waals surface area (Å²) in [5.74, 6) is -1.82. The molecule has 0 spiro atoms. The van der Waals surface area contributed by atoms with Crippen molar-refractivity contribution >= 4 is 35.2 Å². The highest BCUT2D eigenvalue weighted by Gasteiger charge is 2.28. The highest BCUT2D eigenvalue weighted by Crippen LogP contribution is 2.28. The standard InChI is InChI=1S/C18H16N4O6/c23-14(9-22-15(24)10-28-13-2-1-7-19-17(13)22)21-12-5-3-11(4-6-12)18(27)20-8-16(25)26/h1-7H,8-10H2,(H,20,27)(H,21,23)(H,25,26). The third-order valence-corrected chi connectivity index (χ3v) is 3.79. The van der Waals surface area contributed by atoms with Gasteiger partial charge in [-0.05, 0) is 36.4 Å². The van der Waals surface area contributed by atoms with Crippen molar-refractivity contribution in [2.24, 2.45) is 0 Å². The predicted octanol–water partition coefficient (Wildman–Crippen LogP) is 0.260. The van der Waals surface area contributed by atoms with Crippen LogP contribution in [0.4, 0.5) is 11.5 Å². The summed E-state index contributed by atoms with van der Waals surface area (Å²) in [5.41, 5.74) is 0.669. The van der Waals surface area contributed by atoms with Crippen LogP contribution >= 0.6 is 0 Å². The van der Waals surface area contributed by atoms with Gasteiger partial charge < -0.3 is 20.5 Å². The number of amides is 3. The molecule has 3 rings (SSSR count). The van der Waals surface area contributed by atoms with Crippen LogP contribution in [0.5, 0.6) is 5.75 Å². The van der Waals surface area contributed by atoms with Crippen molar-refractivity contribution < 1.29 is 29.0 Å². The molecule has 28 heavy (non-hydrogen) atoms. The summed E-state index contributed by atoms with van der Waals surface area (Å²) < 4.78 is 5.28. The van der Waals surface area contributed by atoms with E-state index < -0.39 is 24.3 Å². The van der Waals surface area contributed by atoms with Gasteiger partial charge in [0.25, 0.3) is 11.8 Å². The van der Waals surface area contributed by atoms with E-state index in [2.05, 4.69) is 15.6 Å². The largest absolute Gasteiger partial charge is 0.480 e. The number of anilines is 2.